The number of hydrogen-bond acceptors (Lipinski definition) is 6. The Morgan fingerprint density at radius 3 is 2.84 bits per heavy atom. The van der Waals surface area contributed by atoms with Crippen LogP contribution in [0.25, 0.3) is 16.2 Å². The van der Waals surface area contributed by atoms with E-state index < -0.39 is 22.8 Å². The number of aromatic nitrogens is 3. The van der Waals surface area contributed by atoms with Gasteiger partial charge in [0.25, 0.3) is 0 Å². The summed E-state index contributed by atoms with van der Waals surface area (Å²) in [6.45, 7) is 0.598. The molecule has 11 heteroatoms. The van der Waals surface area contributed by atoms with Crippen molar-refractivity contribution in [2.75, 3.05) is 12.3 Å². The molecule has 3 aromatic rings. The molecule has 0 bridgehead atoms. The molecule has 0 saturated carbocycles. The molecule has 3 aromatic heterocycles. The number of thioether (sulfide) groups is 1. The number of pyridine rings is 2. The van der Waals surface area contributed by atoms with Gasteiger partial charge in [0.15, 0.2) is 16.6 Å². The first-order chi connectivity index (χ1) is 11.5. The van der Waals surface area contributed by atoms with Crippen LogP contribution in [0.1, 0.15) is 10.4 Å². The van der Waals surface area contributed by atoms with Gasteiger partial charge in [-0.1, -0.05) is 11.8 Å². The number of rotatable bonds is 5. The van der Waals surface area contributed by atoms with Gasteiger partial charge in [-0.25, -0.2) is 19.2 Å². The molecule has 132 valence electrons. The molecule has 0 aliphatic carbocycles. The summed E-state index contributed by atoms with van der Waals surface area (Å²) in [5, 5.41) is 11.4. The van der Waals surface area contributed by atoms with Gasteiger partial charge in [-0.15, -0.1) is 11.3 Å². The largest absolute Gasteiger partial charge is 1.00 e. The van der Waals surface area contributed by atoms with Crippen molar-refractivity contribution in [3.05, 3.63) is 45.4 Å². The molecule has 0 saturated heterocycles. The summed E-state index contributed by atoms with van der Waals surface area (Å²) in [6, 6.07) is 1.03. The number of halogens is 2. The minimum atomic E-state index is -1.39. The van der Waals surface area contributed by atoms with Crippen LogP contribution in [0.5, 0.6) is 0 Å². The van der Waals surface area contributed by atoms with Crippen molar-refractivity contribution >= 4 is 40.1 Å². The van der Waals surface area contributed by atoms with Gasteiger partial charge in [-0.3, -0.25) is 9.36 Å². The highest BCUT2D eigenvalue weighted by atomic mass is 35.5. The van der Waals surface area contributed by atoms with E-state index in [9.17, 15) is 19.1 Å². The fourth-order valence-electron chi connectivity index (χ4n) is 2.11. The van der Waals surface area contributed by atoms with Crippen LogP contribution >= 0.6 is 23.1 Å². The first-order valence-electron chi connectivity index (χ1n) is 6.84. The monoisotopic (exact) mass is 402 g/mol. The zero-order chi connectivity index (χ0) is 17.3. The predicted octanol–water partition coefficient (Wildman–Crippen LogP) is -1.98. The fraction of sp³-hybridized carbons (Fsp3) is 0.143. The summed E-state index contributed by atoms with van der Waals surface area (Å²) in [5.74, 6) is -1.47. The van der Waals surface area contributed by atoms with Crippen molar-refractivity contribution in [2.45, 2.75) is 5.03 Å². The molecular weight excluding hydrogens is 391 g/mol. The Kier molecular flexibility index (Phi) is 6.11. The van der Waals surface area contributed by atoms with Crippen molar-refractivity contribution in [3.63, 3.8) is 0 Å². The minimum absolute atomic E-state index is 0. The van der Waals surface area contributed by atoms with Gasteiger partial charge >= 0.3 is 5.97 Å². The molecule has 25 heavy (non-hydrogen) atoms. The predicted molar refractivity (Wildman–Crippen MR) is 88.4 cm³/mol. The third-order valence-corrected chi connectivity index (χ3v) is 4.96. The van der Waals surface area contributed by atoms with Crippen LogP contribution in [0.15, 0.2) is 33.7 Å². The summed E-state index contributed by atoms with van der Waals surface area (Å²) in [6.07, 6.45) is 2.72. The molecule has 0 unspecified atom stereocenters. The Morgan fingerprint density at radius 2 is 2.24 bits per heavy atom. The van der Waals surface area contributed by atoms with Crippen LogP contribution in [0.3, 0.4) is 0 Å². The number of nitrogens with zero attached hydrogens (tertiary/aromatic N) is 3. The van der Waals surface area contributed by atoms with E-state index in [4.69, 9.17) is 0 Å². The van der Waals surface area contributed by atoms with E-state index in [1.54, 1.807) is 11.6 Å². The molecule has 0 fully saturated rings. The van der Waals surface area contributed by atoms with Crippen molar-refractivity contribution in [3.8, 4) is 5.13 Å². The summed E-state index contributed by atoms with van der Waals surface area (Å²) in [7, 11) is 0. The van der Waals surface area contributed by atoms with Crippen molar-refractivity contribution in [1.82, 2.24) is 14.5 Å². The lowest BCUT2D eigenvalue weighted by atomic mass is 10.2. The molecule has 0 aliphatic heterocycles. The van der Waals surface area contributed by atoms with Crippen LogP contribution in [0, 0.1) is 5.82 Å². The van der Waals surface area contributed by atoms with Gasteiger partial charge in [-0.05, 0) is 6.07 Å². The molecule has 0 spiro atoms. The van der Waals surface area contributed by atoms with E-state index in [0.717, 1.165) is 6.07 Å². The number of carbonyl (C=O) groups is 1. The second-order valence-corrected chi connectivity index (χ2v) is 6.67. The maximum absolute atomic E-state index is 14.2. The van der Waals surface area contributed by atoms with E-state index >= 15 is 0 Å². The van der Waals surface area contributed by atoms with Gasteiger partial charge < -0.3 is 23.2 Å². The number of hydrogen-bond donors (Lipinski definition) is 2. The molecular formula is C14H12ClFN4O3S2. The van der Waals surface area contributed by atoms with Crippen LogP contribution in [0.2, 0.25) is 0 Å². The number of quaternary nitrogens is 1. The van der Waals surface area contributed by atoms with Crippen LogP contribution in [-0.2, 0) is 0 Å². The standard InChI is InChI=1S/C14H11FN4O3S2.ClH/c15-9-5-7-10(20)8(13(21)22)6-19(14-17-2-4-24-14)11(7)18-12(9)23-3-1-16;/h2,4-6H,1,3,16H2,(H,21,22);1H. The molecule has 4 N–H and O–H groups in total. The van der Waals surface area contributed by atoms with Gasteiger partial charge in [0.1, 0.15) is 10.6 Å². The fourth-order valence-corrected chi connectivity index (χ4v) is 3.41. The highest BCUT2D eigenvalue weighted by molar-refractivity contribution is 7.99. The average molecular weight is 403 g/mol. The first-order valence-corrected chi connectivity index (χ1v) is 8.70. The third-order valence-electron chi connectivity index (χ3n) is 3.14. The number of carboxylic acids is 1. The second-order valence-electron chi connectivity index (χ2n) is 4.71. The van der Waals surface area contributed by atoms with Crippen molar-refractivity contribution in [2.24, 2.45) is 0 Å². The third kappa shape index (κ3) is 3.66. The quantitative estimate of drug-likeness (QED) is 0.478. The van der Waals surface area contributed by atoms with Crippen molar-refractivity contribution in [1.29, 1.82) is 0 Å². The first kappa shape index (κ1) is 19.3. The lowest BCUT2D eigenvalue weighted by Crippen LogP contribution is -3.00. The number of thiazole rings is 1. The molecule has 7 nitrogen and oxygen atoms in total. The second kappa shape index (κ2) is 7.91. The minimum Gasteiger partial charge on any atom is -1.00 e. The highest BCUT2D eigenvalue weighted by Gasteiger charge is 2.19. The van der Waals surface area contributed by atoms with Gasteiger partial charge in [-0.2, -0.15) is 0 Å². The van der Waals surface area contributed by atoms with Crippen LogP contribution < -0.4 is 23.6 Å². The molecule has 3 rings (SSSR count). The zero-order valence-corrected chi connectivity index (χ0v) is 15.0. The topological polar surface area (TPSA) is 113 Å². The zero-order valence-electron chi connectivity index (χ0n) is 12.6. The van der Waals surface area contributed by atoms with E-state index in [1.807, 2.05) is 0 Å². The van der Waals surface area contributed by atoms with Gasteiger partial charge in [0.05, 0.1) is 11.9 Å². The van der Waals surface area contributed by atoms with E-state index in [0.29, 0.717) is 17.4 Å². The van der Waals surface area contributed by atoms with E-state index in [2.05, 4.69) is 15.7 Å². The molecule has 0 aromatic carbocycles. The Hall–Kier alpha value is -2.01. The normalized spacial score (nSPS) is 10.6. The Labute approximate surface area is 155 Å². The number of carboxylic acid groups (broad SMARTS) is 1. The van der Waals surface area contributed by atoms with Crippen molar-refractivity contribution < 1.29 is 32.4 Å². The molecule has 0 aliphatic rings. The summed E-state index contributed by atoms with van der Waals surface area (Å²) < 4.78 is 15.6. The maximum atomic E-state index is 14.2. The van der Waals surface area contributed by atoms with Gasteiger partial charge in [0.2, 0.25) is 5.43 Å². The summed E-state index contributed by atoms with van der Waals surface area (Å²) in [5.41, 5.74) is 2.64. The van der Waals surface area contributed by atoms with Crippen LogP contribution in [-0.4, -0.2) is 37.9 Å². The lowest BCUT2D eigenvalue weighted by molar-refractivity contribution is -0.360. The average Bonchev–Trinajstić information content (AvgIpc) is 3.08. The Morgan fingerprint density at radius 1 is 1.48 bits per heavy atom. The SMILES string of the molecule is [Cl-].[NH3+]CCSc1nc2c(cc1F)c(=O)c(C(=O)O)cn2-c1nccs1. The maximum Gasteiger partial charge on any atom is 0.341 e. The van der Waals surface area contributed by atoms with E-state index in [-0.39, 0.29) is 28.5 Å². The number of fused-ring (bicyclic) bond motifs is 1. The van der Waals surface area contributed by atoms with E-state index in [1.165, 1.54) is 33.9 Å². The molecule has 0 atom stereocenters. The molecule has 3 heterocycles. The smallest absolute Gasteiger partial charge is 0.341 e. The Bertz CT molecular complexity index is 978. The molecule has 0 radical (unpaired) electrons. The van der Waals surface area contributed by atoms with Crippen LogP contribution in [0.4, 0.5) is 4.39 Å². The lowest BCUT2D eigenvalue weighted by Gasteiger charge is -2.10. The highest BCUT2D eigenvalue weighted by Crippen LogP contribution is 2.24. The summed E-state index contributed by atoms with van der Waals surface area (Å²) >= 11 is 2.44. The number of aromatic carboxylic acids is 1. The van der Waals surface area contributed by atoms with Gasteiger partial charge in [0, 0.05) is 23.5 Å². The molecule has 0 amide bonds. The summed E-state index contributed by atoms with van der Waals surface area (Å²) in [4.78, 5) is 32.0. The Balaban J connectivity index is 0.00000225.